The molecule has 1 aliphatic heterocycles. The SMILES string of the molecule is CCNc1ncnc(NC2CCS(=O)CC2)c1CC. The highest BCUT2D eigenvalue weighted by molar-refractivity contribution is 7.85. The summed E-state index contributed by atoms with van der Waals surface area (Å²) in [5.41, 5.74) is 1.14. The molecule has 1 aromatic heterocycles. The monoisotopic (exact) mass is 282 g/mol. The van der Waals surface area contributed by atoms with Gasteiger partial charge in [-0.05, 0) is 26.2 Å². The molecule has 0 aromatic carbocycles. The molecule has 1 aliphatic rings. The Balaban J connectivity index is 2.10. The van der Waals surface area contributed by atoms with Crippen LogP contribution in [0, 0.1) is 0 Å². The van der Waals surface area contributed by atoms with Gasteiger partial charge in [-0.25, -0.2) is 9.97 Å². The number of aromatic nitrogens is 2. The first-order valence-electron chi connectivity index (χ1n) is 6.93. The normalized spacial score (nSPS) is 23.1. The molecule has 1 aromatic rings. The molecular weight excluding hydrogens is 260 g/mol. The van der Waals surface area contributed by atoms with Crippen LogP contribution in [0.15, 0.2) is 6.33 Å². The molecule has 0 unspecified atom stereocenters. The van der Waals surface area contributed by atoms with E-state index in [2.05, 4.69) is 34.4 Å². The Labute approximate surface area is 117 Å². The Morgan fingerprint density at radius 3 is 2.58 bits per heavy atom. The lowest BCUT2D eigenvalue weighted by molar-refractivity contribution is 0.621. The molecule has 0 radical (unpaired) electrons. The van der Waals surface area contributed by atoms with Gasteiger partial charge >= 0.3 is 0 Å². The van der Waals surface area contributed by atoms with Crippen molar-refractivity contribution in [3.63, 3.8) is 0 Å². The van der Waals surface area contributed by atoms with E-state index in [0.29, 0.717) is 6.04 Å². The van der Waals surface area contributed by atoms with Crippen molar-refractivity contribution in [2.45, 2.75) is 39.2 Å². The Hall–Kier alpha value is -1.17. The first-order chi connectivity index (χ1) is 9.24. The molecule has 106 valence electrons. The van der Waals surface area contributed by atoms with Crippen LogP contribution >= 0.6 is 0 Å². The molecule has 2 rings (SSSR count). The standard InChI is InChI=1S/C13H22N4OS/c1-3-11-12(14-4-2)15-9-16-13(11)17-10-5-7-19(18)8-6-10/h9-10H,3-8H2,1-2H3,(H2,14,15,16,17). The van der Waals surface area contributed by atoms with Gasteiger partial charge in [-0.1, -0.05) is 6.92 Å². The van der Waals surface area contributed by atoms with E-state index in [-0.39, 0.29) is 0 Å². The number of hydrogen-bond donors (Lipinski definition) is 2. The Bertz CT molecular complexity index is 442. The summed E-state index contributed by atoms with van der Waals surface area (Å²) < 4.78 is 11.4. The Morgan fingerprint density at radius 2 is 1.95 bits per heavy atom. The summed E-state index contributed by atoms with van der Waals surface area (Å²) in [6.45, 7) is 5.03. The molecule has 1 saturated heterocycles. The van der Waals surface area contributed by atoms with Crippen LogP contribution in [0.3, 0.4) is 0 Å². The quantitative estimate of drug-likeness (QED) is 0.862. The highest BCUT2D eigenvalue weighted by atomic mass is 32.2. The Morgan fingerprint density at radius 1 is 1.26 bits per heavy atom. The number of rotatable bonds is 5. The maximum atomic E-state index is 11.4. The summed E-state index contributed by atoms with van der Waals surface area (Å²) >= 11 is 0. The molecule has 2 N–H and O–H groups in total. The van der Waals surface area contributed by atoms with Gasteiger partial charge in [0.2, 0.25) is 0 Å². The number of hydrogen-bond acceptors (Lipinski definition) is 5. The van der Waals surface area contributed by atoms with Crippen molar-refractivity contribution in [1.82, 2.24) is 9.97 Å². The van der Waals surface area contributed by atoms with Crippen LogP contribution < -0.4 is 10.6 Å². The third-order valence-electron chi connectivity index (χ3n) is 3.37. The van der Waals surface area contributed by atoms with E-state index in [9.17, 15) is 4.21 Å². The zero-order valence-electron chi connectivity index (χ0n) is 11.6. The van der Waals surface area contributed by atoms with Crippen LogP contribution in [0.2, 0.25) is 0 Å². The van der Waals surface area contributed by atoms with Gasteiger partial charge in [-0.3, -0.25) is 4.21 Å². The van der Waals surface area contributed by atoms with Gasteiger partial charge in [-0.15, -0.1) is 0 Å². The molecule has 0 spiro atoms. The molecule has 5 nitrogen and oxygen atoms in total. The predicted molar refractivity (Wildman–Crippen MR) is 80.1 cm³/mol. The minimum Gasteiger partial charge on any atom is -0.370 e. The van der Waals surface area contributed by atoms with Crippen LogP contribution in [-0.4, -0.2) is 38.3 Å². The lowest BCUT2D eigenvalue weighted by atomic mass is 10.1. The lowest BCUT2D eigenvalue weighted by Crippen LogP contribution is -2.30. The van der Waals surface area contributed by atoms with E-state index in [1.165, 1.54) is 0 Å². The summed E-state index contributed by atoms with van der Waals surface area (Å²) in [5, 5.41) is 6.77. The molecule has 2 heterocycles. The van der Waals surface area contributed by atoms with E-state index in [1.807, 2.05) is 0 Å². The predicted octanol–water partition coefficient (Wildman–Crippen LogP) is 1.79. The Kier molecular flexibility index (Phi) is 5.13. The van der Waals surface area contributed by atoms with Crippen molar-refractivity contribution in [1.29, 1.82) is 0 Å². The summed E-state index contributed by atoms with van der Waals surface area (Å²) in [5.74, 6) is 3.43. The van der Waals surface area contributed by atoms with Gasteiger partial charge in [0.15, 0.2) is 0 Å². The number of nitrogens with one attached hydrogen (secondary N) is 2. The molecule has 19 heavy (non-hydrogen) atoms. The fourth-order valence-corrected chi connectivity index (χ4v) is 3.62. The molecule has 0 saturated carbocycles. The fourth-order valence-electron chi connectivity index (χ4n) is 2.32. The second-order valence-electron chi connectivity index (χ2n) is 4.70. The van der Waals surface area contributed by atoms with E-state index in [1.54, 1.807) is 6.33 Å². The van der Waals surface area contributed by atoms with Gasteiger partial charge in [-0.2, -0.15) is 0 Å². The van der Waals surface area contributed by atoms with Gasteiger partial charge in [0, 0.05) is 40.5 Å². The van der Waals surface area contributed by atoms with Crippen LogP contribution in [0.1, 0.15) is 32.3 Å². The summed E-state index contributed by atoms with van der Waals surface area (Å²) in [6.07, 6.45) is 4.40. The molecule has 6 heteroatoms. The average molecular weight is 282 g/mol. The van der Waals surface area contributed by atoms with Crippen molar-refractivity contribution < 1.29 is 4.21 Å². The smallest absolute Gasteiger partial charge is 0.134 e. The van der Waals surface area contributed by atoms with Crippen molar-refractivity contribution in [2.24, 2.45) is 0 Å². The van der Waals surface area contributed by atoms with E-state index < -0.39 is 10.8 Å². The largest absolute Gasteiger partial charge is 0.370 e. The van der Waals surface area contributed by atoms with E-state index in [4.69, 9.17) is 0 Å². The zero-order chi connectivity index (χ0) is 13.7. The van der Waals surface area contributed by atoms with E-state index in [0.717, 1.165) is 54.5 Å². The van der Waals surface area contributed by atoms with Crippen LogP contribution in [0.25, 0.3) is 0 Å². The third kappa shape index (κ3) is 3.65. The molecule has 0 aliphatic carbocycles. The van der Waals surface area contributed by atoms with Crippen molar-refractivity contribution in [3.8, 4) is 0 Å². The minimum absolute atomic E-state index is 0.382. The van der Waals surface area contributed by atoms with Gasteiger partial charge in [0.05, 0.1) is 0 Å². The summed E-state index contributed by atoms with van der Waals surface area (Å²) in [4.78, 5) is 8.66. The topological polar surface area (TPSA) is 66.9 Å². The van der Waals surface area contributed by atoms with Crippen molar-refractivity contribution in [3.05, 3.63) is 11.9 Å². The number of nitrogens with zero attached hydrogens (tertiary/aromatic N) is 2. The molecule has 1 fully saturated rings. The second kappa shape index (κ2) is 6.84. The van der Waals surface area contributed by atoms with Crippen LogP contribution in [0.4, 0.5) is 11.6 Å². The van der Waals surface area contributed by atoms with Crippen molar-refractivity contribution >= 4 is 22.4 Å². The summed E-state index contributed by atoms with van der Waals surface area (Å²) in [7, 11) is -0.619. The second-order valence-corrected chi connectivity index (χ2v) is 6.40. The maximum absolute atomic E-state index is 11.4. The van der Waals surface area contributed by atoms with Gasteiger partial charge in [0.25, 0.3) is 0 Å². The maximum Gasteiger partial charge on any atom is 0.134 e. The van der Waals surface area contributed by atoms with Gasteiger partial charge in [0.1, 0.15) is 18.0 Å². The minimum atomic E-state index is -0.619. The zero-order valence-corrected chi connectivity index (χ0v) is 12.4. The first-order valence-corrected chi connectivity index (χ1v) is 8.42. The van der Waals surface area contributed by atoms with Crippen LogP contribution in [0.5, 0.6) is 0 Å². The van der Waals surface area contributed by atoms with Crippen molar-refractivity contribution in [2.75, 3.05) is 28.7 Å². The first kappa shape index (κ1) is 14.2. The molecule has 0 amide bonds. The average Bonchev–Trinajstić information content (AvgIpc) is 2.42. The molecular formula is C13H22N4OS. The van der Waals surface area contributed by atoms with Gasteiger partial charge < -0.3 is 10.6 Å². The summed E-state index contributed by atoms with van der Waals surface area (Å²) in [6, 6.07) is 0.382. The highest BCUT2D eigenvalue weighted by Crippen LogP contribution is 2.23. The fraction of sp³-hybridized carbons (Fsp3) is 0.692. The third-order valence-corrected chi connectivity index (χ3v) is 4.75. The lowest BCUT2D eigenvalue weighted by Gasteiger charge is -2.24. The highest BCUT2D eigenvalue weighted by Gasteiger charge is 2.19. The van der Waals surface area contributed by atoms with Crippen LogP contribution in [-0.2, 0) is 17.2 Å². The van der Waals surface area contributed by atoms with E-state index >= 15 is 0 Å². The number of anilines is 2. The molecule has 0 bridgehead atoms. The molecule has 0 atom stereocenters.